The first kappa shape index (κ1) is 22.8. The minimum Gasteiger partial charge on any atom is -0.504 e. The van der Waals surface area contributed by atoms with Crippen LogP contribution >= 0.6 is 0 Å². The van der Waals surface area contributed by atoms with Gasteiger partial charge in [-0.3, -0.25) is 0 Å². The van der Waals surface area contributed by atoms with Gasteiger partial charge in [0.15, 0.2) is 23.0 Å². The molecule has 7 nitrogen and oxygen atoms in total. The molecule has 0 aliphatic heterocycles. The van der Waals surface area contributed by atoms with Gasteiger partial charge < -0.3 is 35.8 Å². The first-order valence-corrected chi connectivity index (χ1v) is 9.92. The molecule has 6 N–H and O–H groups in total. The van der Waals surface area contributed by atoms with Crippen LogP contribution in [-0.2, 0) is 17.6 Å². The summed E-state index contributed by atoms with van der Waals surface area (Å²) in [4.78, 5) is 0. The van der Waals surface area contributed by atoms with Gasteiger partial charge in [-0.15, -0.1) is 0 Å². The van der Waals surface area contributed by atoms with E-state index in [2.05, 4.69) is 17.6 Å². The van der Waals surface area contributed by atoms with Crippen molar-refractivity contribution in [1.29, 1.82) is 0 Å². The maximum Gasteiger partial charge on any atom is 0.157 e. The largest absolute Gasteiger partial charge is 0.504 e. The molecule has 2 unspecified atom stereocenters. The van der Waals surface area contributed by atoms with Gasteiger partial charge in [0.1, 0.15) is 0 Å². The second-order valence-electron chi connectivity index (χ2n) is 7.35. The van der Waals surface area contributed by atoms with Crippen LogP contribution in [0.5, 0.6) is 23.0 Å². The Bertz CT molecular complexity index is 769. The monoisotopic (exact) mass is 404 g/mol. The number of hydrogen-bond acceptors (Lipinski definition) is 7. The molecular formula is C22H32N2O5. The van der Waals surface area contributed by atoms with Gasteiger partial charge in [-0.1, -0.05) is 12.1 Å². The number of nitrogens with one attached hydrogen (secondary N) is 2. The molecule has 0 amide bonds. The molecule has 0 aliphatic rings. The Labute approximate surface area is 172 Å². The second kappa shape index (κ2) is 11.5. The third kappa shape index (κ3) is 8.19. The molecule has 0 aliphatic carbocycles. The Balaban J connectivity index is 1.55. The highest BCUT2D eigenvalue weighted by molar-refractivity contribution is 5.41. The third-order valence-electron chi connectivity index (χ3n) is 4.64. The summed E-state index contributed by atoms with van der Waals surface area (Å²) < 4.78 is 5.86. The van der Waals surface area contributed by atoms with Crippen molar-refractivity contribution < 1.29 is 25.2 Å². The molecule has 0 radical (unpaired) electrons. The average Bonchev–Trinajstić information content (AvgIpc) is 2.69. The molecule has 0 saturated heterocycles. The minimum atomic E-state index is -0.104. The molecule has 2 atom stereocenters. The lowest BCUT2D eigenvalue weighted by Gasteiger charge is -2.19. The van der Waals surface area contributed by atoms with Gasteiger partial charge >= 0.3 is 0 Å². The van der Waals surface area contributed by atoms with E-state index in [1.807, 2.05) is 6.92 Å². The van der Waals surface area contributed by atoms with Crippen LogP contribution in [0.1, 0.15) is 25.0 Å². The van der Waals surface area contributed by atoms with E-state index in [4.69, 9.17) is 4.74 Å². The van der Waals surface area contributed by atoms with Crippen molar-refractivity contribution in [1.82, 2.24) is 10.6 Å². The Hall–Kier alpha value is -2.48. The first-order valence-electron chi connectivity index (χ1n) is 9.92. The van der Waals surface area contributed by atoms with Crippen LogP contribution in [-0.4, -0.2) is 58.8 Å². The fourth-order valence-corrected chi connectivity index (χ4v) is 2.88. The van der Waals surface area contributed by atoms with Crippen LogP contribution in [0, 0.1) is 0 Å². The molecule has 0 spiro atoms. The number of aromatic hydroxyl groups is 4. The summed E-state index contributed by atoms with van der Waals surface area (Å²) in [6.45, 7) is 6.90. The summed E-state index contributed by atoms with van der Waals surface area (Å²) in [5.41, 5.74) is 1.92. The fraction of sp³-hybridized carbons (Fsp3) is 0.455. The Morgan fingerprint density at radius 3 is 1.90 bits per heavy atom. The quantitative estimate of drug-likeness (QED) is 0.238. The molecule has 2 rings (SSSR count). The summed E-state index contributed by atoms with van der Waals surface area (Å²) in [6.07, 6.45) is 1.58. The van der Waals surface area contributed by atoms with Crippen molar-refractivity contribution in [2.75, 3.05) is 26.2 Å². The number of phenols is 4. The summed E-state index contributed by atoms with van der Waals surface area (Å²) in [7, 11) is 0. The van der Waals surface area contributed by atoms with E-state index in [1.165, 1.54) is 12.1 Å². The van der Waals surface area contributed by atoms with E-state index >= 15 is 0 Å². The summed E-state index contributed by atoms with van der Waals surface area (Å²) in [6, 6.07) is 9.93. The Kier molecular flexibility index (Phi) is 9.05. The molecule has 0 bridgehead atoms. The second-order valence-corrected chi connectivity index (χ2v) is 7.35. The van der Waals surface area contributed by atoms with Gasteiger partial charge in [0.05, 0.1) is 12.7 Å². The highest BCUT2D eigenvalue weighted by Gasteiger charge is 2.07. The van der Waals surface area contributed by atoms with Gasteiger partial charge in [0.2, 0.25) is 0 Å². The van der Waals surface area contributed by atoms with E-state index < -0.39 is 0 Å². The van der Waals surface area contributed by atoms with Gasteiger partial charge in [0.25, 0.3) is 0 Å². The number of ether oxygens (including phenoxy) is 1. The zero-order chi connectivity index (χ0) is 21.2. The van der Waals surface area contributed by atoms with Crippen LogP contribution in [0.3, 0.4) is 0 Å². The zero-order valence-corrected chi connectivity index (χ0v) is 17.1. The van der Waals surface area contributed by atoms with Crippen molar-refractivity contribution >= 4 is 0 Å². The molecule has 0 fully saturated rings. The lowest BCUT2D eigenvalue weighted by molar-refractivity contribution is 0.0531. The minimum absolute atomic E-state index is 0.0708. The molecule has 2 aromatic rings. The predicted molar refractivity (Wildman–Crippen MR) is 113 cm³/mol. The molecule has 2 aromatic carbocycles. The highest BCUT2D eigenvalue weighted by Crippen LogP contribution is 2.25. The van der Waals surface area contributed by atoms with E-state index in [9.17, 15) is 20.4 Å². The van der Waals surface area contributed by atoms with Crippen LogP contribution in [0.25, 0.3) is 0 Å². The summed E-state index contributed by atoms with van der Waals surface area (Å²) in [5.74, 6) is -0.398. The molecule has 0 aromatic heterocycles. The van der Waals surface area contributed by atoms with E-state index in [0.717, 1.165) is 43.6 Å². The van der Waals surface area contributed by atoms with Crippen molar-refractivity contribution in [2.45, 2.75) is 38.8 Å². The predicted octanol–water partition coefficient (Wildman–Crippen LogP) is 2.27. The Morgan fingerprint density at radius 2 is 1.34 bits per heavy atom. The molecular weight excluding hydrogens is 372 g/mol. The van der Waals surface area contributed by atoms with Crippen molar-refractivity contribution in [3.8, 4) is 23.0 Å². The standard InChI is InChI=1S/C22H32N2O5/c1-15(24-10-8-18-4-6-20(26)22(28)12-18)14-29-16(2)13-23-9-7-17-3-5-19(25)21(27)11-17/h3-6,11-12,15-16,23-28H,7-10,13-14H2,1-2H3. The van der Waals surface area contributed by atoms with Crippen molar-refractivity contribution in [3.63, 3.8) is 0 Å². The van der Waals surface area contributed by atoms with Crippen molar-refractivity contribution in [2.24, 2.45) is 0 Å². The highest BCUT2D eigenvalue weighted by atomic mass is 16.5. The maximum absolute atomic E-state index is 9.51. The normalized spacial score (nSPS) is 13.3. The molecule has 160 valence electrons. The van der Waals surface area contributed by atoms with Crippen LogP contribution < -0.4 is 10.6 Å². The molecule has 0 heterocycles. The van der Waals surface area contributed by atoms with Gasteiger partial charge in [-0.2, -0.15) is 0 Å². The number of benzene rings is 2. The maximum atomic E-state index is 9.51. The van der Waals surface area contributed by atoms with Crippen molar-refractivity contribution in [3.05, 3.63) is 47.5 Å². The van der Waals surface area contributed by atoms with Crippen LogP contribution in [0.2, 0.25) is 0 Å². The topological polar surface area (TPSA) is 114 Å². The third-order valence-corrected chi connectivity index (χ3v) is 4.64. The molecule has 0 saturated carbocycles. The summed E-state index contributed by atoms with van der Waals surface area (Å²) >= 11 is 0. The number of phenolic OH excluding ortho intramolecular Hbond substituents is 4. The van der Waals surface area contributed by atoms with Crippen LogP contribution in [0.4, 0.5) is 0 Å². The van der Waals surface area contributed by atoms with Gasteiger partial charge in [0, 0.05) is 12.6 Å². The Morgan fingerprint density at radius 1 is 0.793 bits per heavy atom. The lowest BCUT2D eigenvalue weighted by atomic mass is 10.1. The first-order chi connectivity index (χ1) is 13.8. The van der Waals surface area contributed by atoms with Crippen LogP contribution in [0.15, 0.2) is 36.4 Å². The average molecular weight is 405 g/mol. The van der Waals surface area contributed by atoms with Gasteiger partial charge in [-0.05, 0) is 75.2 Å². The molecule has 7 heteroatoms. The van der Waals surface area contributed by atoms with E-state index in [0.29, 0.717) is 6.61 Å². The molecule has 29 heavy (non-hydrogen) atoms. The lowest BCUT2D eigenvalue weighted by Crippen LogP contribution is -2.36. The van der Waals surface area contributed by atoms with E-state index in [1.54, 1.807) is 24.3 Å². The number of hydrogen-bond donors (Lipinski definition) is 6. The SMILES string of the molecule is CC(COC(C)CNCCc1ccc(O)c(O)c1)NCCc1ccc(O)c(O)c1. The summed E-state index contributed by atoms with van der Waals surface area (Å²) in [5, 5.41) is 44.4. The smallest absolute Gasteiger partial charge is 0.157 e. The number of rotatable bonds is 12. The zero-order valence-electron chi connectivity index (χ0n) is 17.1. The van der Waals surface area contributed by atoms with E-state index in [-0.39, 0.29) is 35.1 Å². The fourth-order valence-electron chi connectivity index (χ4n) is 2.88. The van der Waals surface area contributed by atoms with Gasteiger partial charge in [-0.25, -0.2) is 0 Å².